The monoisotopic (exact) mass is 405 g/mol. The van der Waals surface area contributed by atoms with E-state index in [1.54, 1.807) is 0 Å². The van der Waals surface area contributed by atoms with E-state index in [0.717, 1.165) is 63.5 Å². The van der Waals surface area contributed by atoms with Crippen molar-refractivity contribution < 1.29 is 4.79 Å². The van der Waals surface area contributed by atoms with Crippen molar-refractivity contribution in [3.8, 4) is 0 Å². The van der Waals surface area contributed by atoms with Crippen molar-refractivity contribution in [2.24, 2.45) is 0 Å². The Labute approximate surface area is 173 Å². The summed E-state index contributed by atoms with van der Waals surface area (Å²) in [5.41, 5.74) is 3.12. The molecule has 1 aromatic heterocycles. The predicted molar refractivity (Wildman–Crippen MR) is 117 cm³/mol. The van der Waals surface area contributed by atoms with Gasteiger partial charge in [-0.1, -0.05) is 13.0 Å². The molecule has 0 unspecified atom stereocenters. The fourth-order valence-electron chi connectivity index (χ4n) is 4.27. The molecule has 7 heteroatoms. The molecule has 3 rings (SSSR count). The van der Waals surface area contributed by atoms with E-state index in [2.05, 4.69) is 37.4 Å². The van der Waals surface area contributed by atoms with Crippen LogP contribution in [-0.4, -0.2) is 94.8 Å². The molecule has 28 heavy (non-hydrogen) atoms. The van der Waals surface area contributed by atoms with Gasteiger partial charge in [-0.3, -0.25) is 14.4 Å². The summed E-state index contributed by atoms with van der Waals surface area (Å²) in [5.74, 6) is 2.17. The average Bonchev–Trinajstić information content (AvgIpc) is 3.06. The van der Waals surface area contributed by atoms with E-state index in [1.165, 1.54) is 11.3 Å². The lowest BCUT2D eigenvalue weighted by molar-refractivity contribution is 0.0763. The van der Waals surface area contributed by atoms with Crippen LogP contribution in [0.5, 0.6) is 0 Å². The number of nitrogens with zero attached hydrogens (tertiary/aromatic N) is 5. The number of amides is 1. The van der Waals surface area contributed by atoms with Crippen LogP contribution in [0.25, 0.3) is 0 Å². The van der Waals surface area contributed by atoms with Gasteiger partial charge in [-0.05, 0) is 39.9 Å². The van der Waals surface area contributed by atoms with Crippen LogP contribution >= 0.6 is 11.8 Å². The summed E-state index contributed by atoms with van der Waals surface area (Å²) >= 11 is 1.92. The molecule has 0 saturated carbocycles. The fourth-order valence-corrected chi connectivity index (χ4v) is 5.17. The van der Waals surface area contributed by atoms with Crippen molar-refractivity contribution in [3.63, 3.8) is 0 Å². The number of allylic oxidation sites excluding steroid dienone is 1. The van der Waals surface area contributed by atoms with E-state index in [0.29, 0.717) is 18.3 Å². The number of carbonyl (C=O) groups excluding carboxylic acids is 1. The molecule has 1 aliphatic heterocycles. The molecule has 0 radical (unpaired) electrons. The fraction of sp³-hybridized carbons (Fsp3) is 0.714. The molecule has 1 aliphatic carbocycles. The molecule has 6 nitrogen and oxygen atoms in total. The van der Waals surface area contributed by atoms with Gasteiger partial charge in [0.05, 0.1) is 6.54 Å². The van der Waals surface area contributed by atoms with Gasteiger partial charge < -0.3 is 9.80 Å². The van der Waals surface area contributed by atoms with Crippen molar-refractivity contribution in [1.82, 2.24) is 24.5 Å². The lowest BCUT2D eigenvalue weighted by Crippen LogP contribution is -2.43. The van der Waals surface area contributed by atoms with Crippen LogP contribution in [0.15, 0.2) is 12.7 Å². The normalized spacial score (nSPS) is 19.9. The van der Waals surface area contributed by atoms with E-state index in [1.807, 2.05) is 27.4 Å². The van der Waals surface area contributed by atoms with E-state index >= 15 is 0 Å². The third-order valence-electron chi connectivity index (χ3n) is 5.88. The highest BCUT2D eigenvalue weighted by Crippen LogP contribution is 2.29. The van der Waals surface area contributed by atoms with Crippen molar-refractivity contribution in [2.75, 3.05) is 58.3 Å². The number of fused-ring (bicyclic) bond motifs is 1. The Morgan fingerprint density at radius 2 is 2.07 bits per heavy atom. The van der Waals surface area contributed by atoms with Crippen molar-refractivity contribution >= 4 is 17.7 Å². The summed E-state index contributed by atoms with van der Waals surface area (Å²) in [5, 5.41) is 4.77. The highest BCUT2D eigenvalue weighted by molar-refractivity contribution is 7.99. The summed E-state index contributed by atoms with van der Waals surface area (Å²) in [4.78, 5) is 20.0. The zero-order valence-electron chi connectivity index (χ0n) is 17.7. The van der Waals surface area contributed by atoms with E-state index in [4.69, 9.17) is 5.10 Å². The standard InChI is InChI=1S/C21H35N5OS/c1-5-9-26-19-8-7-17(24(6-2)11-10-23(3)4)16-18(19)20(22-26)21(27)25-12-14-28-15-13-25/h5,17H,1,6-16H2,2-4H3/t17-/m1/s1. The molecule has 0 aromatic carbocycles. The third kappa shape index (κ3) is 4.81. The Morgan fingerprint density at radius 3 is 2.71 bits per heavy atom. The first-order valence-electron chi connectivity index (χ1n) is 10.5. The maximum absolute atomic E-state index is 13.2. The van der Waals surface area contributed by atoms with Crippen molar-refractivity contribution in [3.05, 3.63) is 29.6 Å². The van der Waals surface area contributed by atoms with E-state index in [9.17, 15) is 4.79 Å². The third-order valence-corrected chi connectivity index (χ3v) is 6.82. The quantitative estimate of drug-likeness (QED) is 0.619. The molecule has 1 aromatic rings. The highest BCUT2D eigenvalue weighted by Gasteiger charge is 2.33. The van der Waals surface area contributed by atoms with Gasteiger partial charge in [0.25, 0.3) is 5.91 Å². The van der Waals surface area contributed by atoms with Crippen LogP contribution in [0.3, 0.4) is 0 Å². The van der Waals surface area contributed by atoms with Crippen molar-refractivity contribution in [1.29, 1.82) is 0 Å². The zero-order valence-corrected chi connectivity index (χ0v) is 18.5. The molecule has 1 atom stereocenters. The van der Waals surface area contributed by atoms with Crippen LogP contribution in [0.1, 0.15) is 35.1 Å². The molecule has 2 heterocycles. The smallest absolute Gasteiger partial charge is 0.274 e. The second-order valence-corrected chi connectivity index (χ2v) is 9.20. The molecule has 2 aliphatic rings. The Kier molecular flexibility index (Phi) is 7.60. The maximum atomic E-state index is 13.2. The molecule has 0 N–H and O–H groups in total. The number of rotatable bonds is 8. The minimum absolute atomic E-state index is 0.122. The topological polar surface area (TPSA) is 44.6 Å². The molecular weight excluding hydrogens is 370 g/mol. The van der Waals surface area contributed by atoms with Gasteiger partial charge in [0, 0.05) is 55.0 Å². The SMILES string of the molecule is C=CCn1nc(C(=O)N2CCSCC2)c2c1CC[C@@H](N(CC)CCN(C)C)C2. The van der Waals surface area contributed by atoms with Gasteiger partial charge in [0.15, 0.2) is 5.69 Å². The van der Waals surface area contributed by atoms with Gasteiger partial charge in [0.2, 0.25) is 0 Å². The number of hydrogen-bond acceptors (Lipinski definition) is 5. The number of aromatic nitrogens is 2. The summed E-state index contributed by atoms with van der Waals surface area (Å²) in [7, 11) is 4.25. The molecule has 1 amide bonds. The first-order valence-corrected chi connectivity index (χ1v) is 11.7. The van der Waals surface area contributed by atoms with Gasteiger partial charge in [-0.15, -0.1) is 6.58 Å². The van der Waals surface area contributed by atoms with Gasteiger partial charge in [-0.25, -0.2) is 0 Å². The summed E-state index contributed by atoms with van der Waals surface area (Å²) in [6.07, 6.45) is 4.92. The van der Waals surface area contributed by atoms with Gasteiger partial charge >= 0.3 is 0 Å². The van der Waals surface area contributed by atoms with E-state index < -0.39 is 0 Å². The lowest BCUT2D eigenvalue weighted by atomic mass is 9.90. The molecule has 1 saturated heterocycles. The molecule has 1 fully saturated rings. The Hall–Kier alpha value is -1.31. The second kappa shape index (κ2) is 9.94. The highest BCUT2D eigenvalue weighted by atomic mass is 32.2. The summed E-state index contributed by atoms with van der Waals surface area (Å²) < 4.78 is 2.01. The molecule has 0 spiro atoms. The second-order valence-electron chi connectivity index (χ2n) is 7.98. The van der Waals surface area contributed by atoms with Crippen LogP contribution in [0.4, 0.5) is 0 Å². The summed E-state index contributed by atoms with van der Waals surface area (Å²) in [6.45, 7) is 11.6. The zero-order chi connectivity index (χ0) is 20.1. The first-order chi connectivity index (χ1) is 13.5. The van der Waals surface area contributed by atoms with Crippen LogP contribution in [0.2, 0.25) is 0 Å². The van der Waals surface area contributed by atoms with Gasteiger partial charge in [-0.2, -0.15) is 16.9 Å². The number of carbonyl (C=O) groups is 1. The Morgan fingerprint density at radius 1 is 1.32 bits per heavy atom. The van der Waals surface area contributed by atoms with Crippen molar-refractivity contribution in [2.45, 2.75) is 38.8 Å². The van der Waals surface area contributed by atoms with Gasteiger partial charge in [0.1, 0.15) is 0 Å². The van der Waals surface area contributed by atoms with Crippen LogP contribution in [0, 0.1) is 0 Å². The molecule has 0 bridgehead atoms. The first kappa shape index (κ1) is 21.4. The van der Waals surface area contributed by atoms with E-state index in [-0.39, 0.29) is 5.91 Å². The lowest BCUT2D eigenvalue weighted by Gasteiger charge is -2.34. The number of thioether (sulfide) groups is 1. The minimum Gasteiger partial charge on any atom is -0.336 e. The maximum Gasteiger partial charge on any atom is 0.274 e. The summed E-state index contributed by atoms with van der Waals surface area (Å²) in [6, 6.07) is 0.488. The van der Waals surface area contributed by atoms with Crippen LogP contribution < -0.4 is 0 Å². The largest absolute Gasteiger partial charge is 0.336 e. The molecular formula is C21H35N5OS. The average molecular weight is 406 g/mol. The Balaban J connectivity index is 1.83. The number of hydrogen-bond donors (Lipinski definition) is 0. The Bertz CT molecular complexity index is 681. The predicted octanol–water partition coefficient (Wildman–Crippen LogP) is 2.00. The minimum atomic E-state index is 0.122. The molecule has 156 valence electrons. The number of likely N-dealkylation sites (N-methyl/N-ethyl adjacent to an activating group) is 2. The van der Waals surface area contributed by atoms with Crippen LogP contribution in [-0.2, 0) is 19.4 Å².